The molecule has 8 heteroatoms. The minimum atomic E-state index is 0. The maximum atomic E-state index is 5.31. The van der Waals surface area contributed by atoms with Crippen molar-refractivity contribution in [3.05, 3.63) is 23.3 Å². The number of fused-ring (bicyclic) bond motifs is 1. The van der Waals surface area contributed by atoms with Crippen molar-refractivity contribution in [3.8, 4) is 11.5 Å². The Hall–Kier alpha value is -0.868. The maximum absolute atomic E-state index is 5.31. The zero-order valence-corrected chi connectivity index (χ0v) is 14.1. The molecular formula is C12H14ClN3O2PdS. The molecule has 5 nitrogen and oxygen atoms in total. The van der Waals surface area contributed by atoms with Gasteiger partial charge < -0.3 is 40.2 Å². The number of benzene rings is 1. The second-order valence-electron chi connectivity index (χ2n) is 3.85. The van der Waals surface area contributed by atoms with E-state index in [1.54, 1.807) is 14.2 Å². The van der Waals surface area contributed by atoms with Crippen LogP contribution in [-0.4, -0.2) is 25.1 Å². The average Bonchev–Trinajstić information content (AvgIpc) is 2.76. The molecule has 0 aliphatic heterocycles. The molecule has 0 fully saturated rings. The third-order valence-electron chi connectivity index (χ3n) is 2.82. The molecule has 2 N–H and O–H groups in total. The van der Waals surface area contributed by atoms with Crippen molar-refractivity contribution in [1.82, 2.24) is 0 Å². The average molecular weight is 406 g/mol. The van der Waals surface area contributed by atoms with Gasteiger partial charge in [0, 0.05) is 5.56 Å². The van der Waals surface area contributed by atoms with Crippen molar-refractivity contribution in [2.24, 2.45) is 15.9 Å². The quantitative estimate of drug-likeness (QED) is 0.212. The molecule has 20 heavy (non-hydrogen) atoms. The van der Waals surface area contributed by atoms with Crippen LogP contribution in [0.4, 0.5) is 0 Å². The van der Waals surface area contributed by atoms with Crippen LogP contribution in [0.2, 0.25) is 0 Å². The molecule has 0 aromatic heterocycles. The fourth-order valence-corrected chi connectivity index (χ4v) is 2.04. The van der Waals surface area contributed by atoms with Crippen molar-refractivity contribution >= 4 is 23.5 Å². The number of methoxy groups -OCH3 is 2. The minimum Gasteiger partial charge on any atom is -1.00 e. The molecule has 1 aliphatic rings. The summed E-state index contributed by atoms with van der Waals surface area (Å²) in [6.45, 7) is 0. The fraction of sp³-hybridized carbons (Fsp3) is 0.333. The largest absolute Gasteiger partial charge is 2.00 e. The number of hydrogen-bond acceptors (Lipinski definition) is 5. The molecule has 2 rings (SSSR count). The summed E-state index contributed by atoms with van der Waals surface area (Å²) in [4.78, 5) is 0. The van der Waals surface area contributed by atoms with E-state index in [1.165, 1.54) is 5.56 Å². The minimum absolute atomic E-state index is 0. The van der Waals surface area contributed by atoms with Crippen LogP contribution in [-0.2, 0) is 39.5 Å². The van der Waals surface area contributed by atoms with E-state index < -0.39 is 0 Å². The zero-order valence-electron chi connectivity index (χ0n) is 11.0. The van der Waals surface area contributed by atoms with E-state index in [-0.39, 0.29) is 38.0 Å². The van der Waals surface area contributed by atoms with Gasteiger partial charge in [0.1, 0.15) is 0 Å². The molecule has 0 radical (unpaired) electrons. The Labute approximate surface area is 143 Å². The predicted octanol–water partition coefficient (Wildman–Crippen LogP) is -1.78. The molecule has 1 aromatic rings. The SMILES string of the molecule is COc1cc2c(cc1OC)/C(=N\N=C(/N)[S-])CC2.[Cl-].[Pd+2]. The standard InChI is InChI=1S/C12H15N3O2S.ClH.Pd/c1-16-10-5-7-3-4-9(14-15-12(13)18)8(7)6-11(10)17-2;;/h5-6H,3-4H2,1-2H3,(H3,13,15,18);1H;/q;;+2/p-2/b14-9-;;. The molecule has 1 aromatic carbocycles. The third-order valence-corrected chi connectivity index (χ3v) is 2.90. The van der Waals surface area contributed by atoms with Gasteiger partial charge in [0.2, 0.25) is 0 Å². The third kappa shape index (κ3) is 4.06. The van der Waals surface area contributed by atoms with E-state index >= 15 is 0 Å². The summed E-state index contributed by atoms with van der Waals surface area (Å²) in [5.41, 5.74) is 8.37. The summed E-state index contributed by atoms with van der Waals surface area (Å²) < 4.78 is 10.5. The van der Waals surface area contributed by atoms with Gasteiger partial charge in [-0.1, -0.05) is 0 Å². The van der Waals surface area contributed by atoms with E-state index in [2.05, 4.69) is 22.8 Å². The fourth-order valence-electron chi connectivity index (χ4n) is 2.00. The molecule has 0 unspecified atom stereocenters. The number of amidine groups is 1. The number of nitrogens with zero attached hydrogens (tertiary/aromatic N) is 2. The number of halogens is 1. The molecular weight excluding hydrogens is 392 g/mol. The van der Waals surface area contributed by atoms with Crippen LogP contribution in [0.5, 0.6) is 11.5 Å². The van der Waals surface area contributed by atoms with E-state index in [9.17, 15) is 0 Å². The summed E-state index contributed by atoms with van der Waals surface area (Å²) in [6.07, 6.45) is 1.72. The van der Waals surface area contributed by atoms with Crippen LogP contribution < -0.4 is 27.6 Å². The molecule has 0 heterocycles. The maximum Gasteiger partial charge on any atom is 2.00 e. The summed E-state index contributed by atoms with van der Waals surface area (Å²) >= 11 is 4.68. The van der Waals surface area contributed by atoms with Gasteiger partial charge in [0.25, 0.3) is 0 Å². The molecule has 0 saturated carbocycles. The summed E-state index contributed by atoms with van der Waals surface area (Å²) in [6, 6.07) is 3.88. The van der Waals surface area contributed by atoms with Gasteiger partial charge in [-0.2, -0.15) is 10.2 Å². The topological polar surface area (TPSA) is 69.2 Å². The number of hydrogen-bond donors (Lipinski definition) is 1. The second kappa shape index (κ2) is 8.43. The molecule has 1 aliphatic carbocycles. The Balaban J connectivity index is 0.00000180. The normalized spacial score (nSPS) is 15.1. The first-order valence-corrected chi connectivity index (χ1v) is 5.88. The van der Waals surface area contributed by atoms with E-state index in [0.717, 1.165) is 29.9 Å². The van der Waals surface area contributed by atoms with Gasteiger partial charge in [0.15, 0.2) is 11.5 Å². The molecule has 0 amide bonds. The zero-order chi connectivity index (χ0) is 13.1. The van der Waals surface area contributed by atoms with Crippen LogP contribution >= 0.6 is 0 Å². The predicted molar refractivity (Wildman–Crippen MR) is 73.4 cm³/mol. The van der Waals surface area contributed by atoms with Gasteiger partial charge >= 0.3 is 20.4 Å². The second-order valence-corrected chi connectivity index (χ2v) is 4.27. The Morgan fingerprint density at radius 3 is 2.35 bits per heavy atom. The van der Waals surface area contributed by atoms with Crippen molar-refractivity contribution in [1.29, 1.82) is 0 Å². The Morgan fingerprint density at radius 1 is 1.20 bits per heavy atom. The smallest absolute Gasteiger partial charge is 1.00 e. The van der Waals surface area contributed by atoms with Gasteiger partial charge in [0.05, 0.1) is 19.9 Å². The number of nitrogens with two attached hydrogens (primary N) is 1. The Morgan fingerprint density at radius 2 is 1.80 bits per heavy atom. The number of rotatable bonds is 3. The van der Waals surface area contributed by atoms with Gasteiger partial charge in [-0.15, -0.1) is 0 Å². The van der Waals surface area contributed by atoms with Crippen molar-refractivity contribution in [3.63, 3.8) is 0 Å². The molecule has 0 saturated heterocycles. The first kappa shape index (κ1) is 19.1. The van der Waals surface area contributed by atoms with Crippen molar-refractivity contribution in [2.75, 3.05) is 14.2 Å². The summed E-state index contributed by atoms with van der Waals surface area (Å²) in [5.74, 6) is 1.41. The first-order valence-electron chi connectivity index (χ1n) is 5.48. The summed E-state index contributed by atoms with van der Waals surface area (Å²) in [5, 5.41) is 7.84. The van der Waals surface area contributed by atoms with Crippen LogP contribution in [0.25, 0.3) is 0 Å². The Bertz CT molecular complexity index is 534. The van der Waals surface area contributed by atoms with Gasteiger partial charge in [-0.25, -0.2) is 0 Å². The summed E-state index contributed by atoms with van der Waals surface area (Å²) in [7, 11) is 3.23. The van der Waals surface area contributed by atoms with E-state index in [0.29, 0.717) is 5.75 Å². The van der Waals surface area contributed by atoms with E-state index in [1.807, 2.05) is 12.1 Å². The van der Waals surface area contributed by atoms with Crippen molar-refractivity contribution < 1.29 is 42.3 Å². The van der Waals surface area contributed by atoms with Gasteiger partial charge in [-0.3, -0.25) is 0 Å². The monoisotopic (exact) mass is 405 g/mol. The molecule has 112 valence electrons. The molecule has 0 spiro atoms. The van der Waals surface area contributed by atoms with E-state index in [4.69, 9.17) is 15.2 Å². The Kier molecular flexibility index (Phi) is 8.06. The number of ether oxygens (including phenoxy) is 2. The molecule has 0 bridgehead atoms. The van der Waals surface area contributed by atoms with Crippen LogP contribution in [0, 0.1) is 0 Å². The van der Waals surface area contributed by atoms with Crippen LogP contribution in [0.1, 0.15) is 17.5 Å². The van der Waals surface area contributed by atoms with Gasteiger partial charge in [-0.05, 0) is 35.7 Å². The van der Waals surface area contributed by atoms with Crippen LogP contribution in [0.3, 0.4) is 0 Å². The van der Waals surface area contributed by atoms with Crippen LogP contribution in [0.15, 0.2) is 22.3 Å². The van der Waals surface area contributed by atoms with Crippen molar-refractivity contribution in [2.45, 2.75) is 12.8 Å². The first-order chi connectivity index (χ1) is 8.65. The molecule has 0 atom stereocenters. The number of aryl methyl sites for hydroxylation is 1.